The highest BCUT2D eigenvalue weighted by atomic mass is 32.1. The van der Waals surface area contributed by atoms with E-state index >= 15 is 0 Å². The molecule has 2 heterocycles. The number of aromatic amines is 1. The molecule has 1 fully saturated rings. The minimum absolute atomic E-state index is 0.337. The molecule has 1 atom stereocenters. The third-order valence-electron chi connectivity index (χ3n) is 2.41. The largest absolute Gasteiger partial charge is 0.378 e. The minimum Gasteiger partial charge on any atom is -0.378 e. The van der Waals surface area contributed by atoms with E-state index in [1.54, 1.807) is 0 Å². The van der Waals surface area contributed by atoms with Gasteiger partial charge in [-0.2, -0.15) is 5.10 Å². The topological polar surface area (TPSA) is 42.8 Å². The van der Waals surface area contributed by atoms with Crippen molar-refractivity contribution in [1.82, 2.24) is 14.8 Å². The second kappa shape index (κ2) is 3.59. The van der Waals surface area contributed by atoms with Crippen molar-refractivity contribution in [2.24, 2.45) is 7.05 Å². The highest BCUT2D eigenvalue weighted by Crippen LogP contribution is 2.15. The molecule has 0 bridgehead atoms. The van der Waals surface area contributed by atoms with E-state index in [1.165, 1.54) is 6.42 Å². The number of aromatic nitrogens is 3. The molecule has 4 nitrogen and oxygen atoms in total. The van der Waals surface area contributed by atoms with Crippen molar-refractivity contribution in [1.29, 1.82) is 0 Å². The van der Waals surface area contributed by atoms with Crippen LogP contribution >= 0.6 is 12.2 Å². The van der Waals surface area contributed by atoms with Gasteiger partial charge in [0.1, 0.15) is 5.82 Å². The molecule has 1 aromatic heterocycles. The maximum Gasteiger partial charge on any atom is 0.194 e. The fourth-order valence-corrected chi connectivity index (χ4v) is 1.72. The Kier molecular flexibility index (Phi) is 2.46. The fourth-order valence-electron chi connectivity index (χ4n) is 1.57. The van der Waals surface area contributed by atoms with Gasteiger partial charge in [-0.1, -0.05) is 0 Å². The first kappa shape index (κ1) is 8.90. The zero-order valence-electron chi connectivity index (χ0n) is 7.62. The van der Waals surface area contributed by atoms with E-state index in [-0.39, 0.29) is 0 Å². The summed E-state index contributed by atoms with van der Waals surface area (Å²) in [4.78, 5) is 0. The molecule has 1 aliphatic rings. The van der Waals surface area contributed by atoms with Crippen LogP contribution in [0.2, 0.25) is 0 Å². The molecule has 0 saturated carbocycles. The van der Waals surface area contributed by atoms with Crippen LogP contribution in [0.25, 0.3) is 0 Å². The Hall–Kier alpha value is -0.680. The monoisotopic (exact) mass is 199 g/mol. The summed E-state index contributed by atoms with van der Waals surface area (Å²) in [5.41, 5.74) is 0. The van der Waals surface area contributed by atoms with E-state index in [9.17, 15) is 0 Å². The molecule has 2 rings (SSSR count). The van der Waals surface area contributed by atoms with Gasteiger partial charge in [0.15, 0.2) is 4.77 Å². The van der Waals surface area contributed by atoms with E-state index in [0.717, 1.165) is 25.3 Å². The summed E-state index contributed by atoms with van der Waals surface area (Å²) < 4.78 is 8.09. The van der Waals surface area contributed by atoms with Crippen LogP contribution in [0.15, 0.2) is 0 Å². The first-order chi connectivity index (χ1) is 6.27. The summed E-state index contributed by atoms with van der Waals surface area (Å²) in [6, 6.07) is 0. The highest BCUT2D eigenvalue weighted by molar-refractivity contribution is 7.71. The summed E-state index contributed by atoms with van der Waals surface area (Å²) in [7, 11) is 1.93. The average molecular weight is 199 g/mol. The van der Waals surface area contributed by atoms with E-state index in [0.29, 0.717) is 10.9 Å². The molecule has 1 aromatic rings. The van der Waals surface area contributed by atoms with E-state index in [4.69, 9.17) is 17.0 Å². The van der Waals surface area contributed by atoms with Gasteiger partial charge in [-0.3, -0.25) is 5.10 Å². The fraction of sp³-hybridized carbons (Fsp3) is 0.750. The molecule has 0 aromatic carbocycles. The molecule has 1 aliphatic heterocycles. The van der Waals surface area contributed by atoms with Gasteiger partial charge in [0.25, 0.3) is 0 Å². The molecule has 72 valence electrons. The predicted octanol–water partition coefficient (Wildman–Crippen LogP) is 1.20. The Morgan fingerprint density at radius 2 is 2.62 bits per heavy atom. The standard InChI is InChI=1S/C8H13N3OS/c1-11-7(9-10-8(11)13)5-6-3-2-4-12-6/h6H,2-5H2,1H3,(H,10,13). The van der Waals surface area contributed by atoms with Gasteiger partial charge in [0, 0.05) is 20.1 Å². The van der Waals surface area contributed by atoms with Crippen molar-refractivity contribution >= 4 is 12.2 Å². The number of H-pyrrole nitrogens is 1. The number of rotatable bonds is 2. The van der Waals surface area contributed by atoms with Crippen LogP contribution in [0.4, 0.5) is 0 Å². The van der Waals surface area contributed by atoms with Crippen molar-refractivity contribution in [3.63, 3.8) is 0 Å². The SMILES string of the molecule is Cn1c(CC2CCCO2)n[nH]c1=S. The minimum atomic E-state index is 0.337. The van der Waals surface area contributed by atoms with Gasteiger partial charge in [0.05, 0.1) is 6.10 Å². The smallest absolute Gasteiger partial charge is 0.194 e. The van der Waals surface area contributed by atoms with Crippen LogP contribution in [0.3, 0.4) is 0 Å². The zero-order valence-corrected chi connectivity index (χ0v) is 8.43. The lowest BCUT2D eigenvalue weighted by atomic mass is 10.2. The predicted molar refractivity (Wildman–Crippen MR) is 51.1 cm³/mol. The first-order valence-electron chi connectivity index (χ1n) is 4.49. The summed E-state index contributed by atoms with van der Waals surface area (Å²) in [6.45, 7) is 0.888. The lowest BCUT2D eigenvalue weighted by molar-refractivity contribution is 0.109. The summed E-state index contributed by atoms with van der Waals surface area (Å²) in [6.07, 6.45) is 3.51. The van der Waals surface area contributed by atoms with Gasteiger partial charge in [0.2, 0.25) is 0 Å². The normalized spacial score (nSPS) is 22.4. The van der Waals surface area contributed by atoms with E-state index in [2.05, 4.69) is 10.2 Å². The van der Waals surface area contributed by atoms with Crippen molar-refractivity contribution < 1.29 is 4.74 Å². The summed E-state index contributed by atoms with van der Waals surface area (Å²) in [5.74, 6) is 0.983. The summed E-state index contributed by atoms with van der Waals surface area (Å²) >= 11 is 5.02. The Balaban J connectivity index is 2.08. The Bertz CT molecular complexity index is 337. The molecule has 13 heavy (non-hydrogen) atoms. The molecular weight excluding hydrogens is 186 g/mol. The molecular formula is C8H13N3OS. The molecule has 0 amide bonds. The molecule has 0 spiro atoms. The number of nitrogens with one attached hydrogen (secondary N) is 1. The van der Waals surface area contributed by atoms with Gasteiger partial charge >= 0.3 is 0 Å². The number of nitrogens with zero attached hydrogens (tertiary/aromatic N) is 2. The Labute approximate surface area is 81.9 Å². The van der Waals surface area contributed by atoms with Crippen LogP contribution in [0, 0.1) is 4.77 Å². The van der Waals surface area contributed by atoms with Crippen LogP contribution in [0.1, 0.15) is 18.7 Å². The molecule has 0 aliphatic carbocycles. The quantitative estimate of drug-likeness (QED) is 0.728. The first-order valence-corrected chi connectivity index (χ1v) is 4.90. The van der Waals surface area contributed by atoms with Gasteiger partial charge < -0.3 is 9.30 Å². The van der Waals surface area contributed by atoms with Crippen molar-refractivity contribution in [2.75, 3.05) is 6.61 Å². The maximum absolute atomic E-state index is 5.52. The van der Waals surface area contributed by atoms with Crippen molar-refractivity contribution in [3.8, 4) is 0 Å². The third-order valence-corrected chi connectivity index (χ3v) is 2.77. The Morgan fingerprint density at radius 1 is 1.77 bits per heavy atom. The van der Waals surface area contributed by atoms with Gasteiger partial charge in [-0.15, -0.1) is 0 Å². The second-order valence-corrected chi connectivity index (χ2v) is 3.73. The van der Waals surface area contributed by atoms with Crippen molar-refractivity contribution in [3.05, 3.63) is 10.6 Å². The third kappa shape index (κ3) is 1.81. The maximum atomic E-state index is 5.52. The highest BCUT2D eigenvalue weighted by Gasteiger charge is 2.18. The van der Waals surface area contributed by atoms with Crippen LogP contribution in [0.5, 0.6) is 0 Å². The second-order valence-electron chi connectivity index (χ2n) is 3.34. The molecule has 1 N–H and O–H groups in total. The molecule has 0 radical (unpaired) electrons. The van der Waals surface area contributed by atoms with Crippen LogP contribution in [-0.2, 0) is 18.2 Å². The van der Waals surface area contributed by atoms with Gasteiger partial charge in [-0.25, -0.2) is 0 Å². The van der Waals surface area contributed by atoms with Crippen LogP contribution < -0.4 is 0 Å². The lowest BCUT2D eigenvalue weighted by Gasteiger charge is -2.07. The lowest BCUT2D eigenvalue weighted by Crippen LogP contribution is -2.12. The van der Waals surface area contributed by atoms with E-state index < -0.39 is 0 Å². The average Bonchev–Trinajstić information content (AvgIpc) is 2.71. The number of hydrogen-bond acceptors (Lipinski definition) is 3. The van der Waals surface area contributed by atoms with E-state index in [1.807, 2.05) is 11.6 Å². The molecule has 1 saturated heterocycles. The molecule has 5 heteroatoms. The van der Waals surface area contributed by atoms with Gasteiger partial charge in [-0.05, 0) is 25.1 Å². The van der Waals surface area contributed by atoms with Crippen molar-refractivity contribution in [2.45, 2.75) is 25.4 Å². The Morgan fingerprint density at radius 3 is 3.15 bits per heavy atom. The molecule has 1 unspecified atom stereocenters. The zero-order chi connectivity index (χ0) is 9.26. The number of hydrogen-bond donors (Lipinski definition) is 1. The number of ether oxygens (including phenoxy) is 1. The van der Waals surface area contributed by atoms with Crippen LogP contribution in [-0.4, -0.2) is 27.5 Å². The summed E-state index contributed by atoms with van der Waals surface area (Å²) in [5, 5.41) is 6.92.